The lowest BCUT2D eigenvalue weighted by Gasteiger charge is -2.19. The number of nitrogens with zero attached hydrogens (tertiary/aromatic N) is 1. The van der Waals surface area contributed by atoms with Crippen LogP contribution in [0.2, 0.25) is 0 Å². The maximum atomic E-state index is 12.5. The van der Waals surface area contributed by atoms with Gasteiger partial charge < -0.3 is 16.0 Å². The summed E-state index contributed by atoms with van der Waals surface area (Å²) >= 11 is 0. The van der Waals surface area contributed by atoms with Gasteiger partial charge in [-0.25, -0.2) is 4.79 Å². The van der Waals surface area contributed by atoms with Crippen molar-refractivity contribution in [3.63, 3.8) is 0 Å². The number of hydrogen-bond donors (Lipinski definition) is 2. The number of benzene rings is 2. The number of urea groups is 1. The molecule has 3 amide bonds. The Hall–Kier alpha value is -2.82. The summed E-state index contributed by atoms with van der Waals surface area (Å²) < 4.78 is 0. The Labute approximate surface area is 142 Å². The number of carbonyl (C=O) groups is 2. The van der Waals surface area contributed by atoms with Crippen molar-refractivity contribution in [2.75, 3.05) is 7.05 Å². The Morgan fingerprint density at radius 1 is 1.08 bits per heavy atom. The lowest BCUT2D eigenvalue weighted by molar-refractivity contribution is 0.0785. The predicted octanol–water partition coefficient (Wildman–Crippen LogP) is 2.74. The molecule has 3 N–H and O–H groups in total. The molecule has 2 aromatic carbocycles. The van der Waals surface area contributed by atoms with E-state index >= 15 is 0 Å². The van der Waals surface area contributed by atoms with Crippen LogP contribution in [0.25, 0.3) is 0 Å². The average Bonchev–Trinajstić information content (AvgIpc) is 2.55. The molecule has 126 valence electrons. The molecule has 0 bridgehead atoms. The predicted molar refractivity (Wildman–Crippen MR) is 94.6 cm³/mol. The van der Waals surface area contributed by atoms with Gasteiger partial charge >= 0.3 is 6.03 Å². The maximum Gasteiger partial charge on any atom is 0.312 e. The molecule has 0 aliphatic carbocycles. The highest BCUT2D eigenvalue weighted by Gasteiger charge is 2.13. The van der Waals surface area contributed by atoms with E-state index in [2.05, 4.69) is 37.4 Å². The molecule has 24 heavy (non-hydrogen) atoms. The van der Waals surface area contributed by atoms with Crippen LogP contribution < -0.4 is 11.1 Å². The van der Waals surface area contributed by atoms with Crippen LogP contribution in [0.4, 0.5) is 4.79 Å². The number of nitrogens with two attached hydrogens (primary N) is 1. The quantitative estimate of drug-likeness (QED) is 0.887. The van der Waals surface area contributed by atoms with Crippen molar-refractivity contribution in [3.05, 3.63) is 70.3 Å². The van der Waals surface area contributed by atoms with Crippen LogP contribution in [0.1, 0.15) is 32.6 Å². The van der Waals surface area contributed by atoms with Crippen molar-refractivity contribution in [3.8, 4) is 0 Å². The minimum atomic E-state index is -0.566. The third-order valence-electron chi connectivity index (χ3n) is 3.92. The summed E-state index contributed by atoms with van der Waals surface area (Å²) in [4.78, 5) is 25.0. The Balaban J connectivity index is 2.03. The van der Waals surface area contributed by atoms with Gasteiger partial charge in [0.2, 0.25) is 0 Å². The van der Waals surface area contributed by atoms with E-state index in [0.717, 1.165) is 11.1 Å². The van der Waals surface area contributed by atoms with Gasteiger partial charge in [-0.2, -0.15) is 0 Å². The van der Waals surface area contributed by atoms with Gasteiger partial charge in [0.05, 0.1) is 0 Å². The summed E-state index contributed by atoms with van der Waals surface area (Å²) in [7, 11) is 1.80. The summed E-state index contributed by atoms with van der Waals surface area (Å²) in [5, 5.41) is 2.52. The van der Waals surface area contributed by atoms with E-state index in [9.17, 15) is 9.59 Å². The van der Waals surface area contributed by atoms with Crippen molar-refractivity contribution >= 4 is 11.9 Å². The molecule has 0 aliphatic heterocycles. The molecule has 2 aromatic rings. The van der Waals surface area contributed by atoms with Gasteiger partial charge in [-0.15, -0.1) is 0 Å². The molecular weight excluding hydrogens is 302 g/mol. The molecule has 0 aliphatic rings. The molecule has 0 aromatic heterocycles. The van der Waals surface area contributed by atoms with Crippen molar-refractivity contribution in [1.29, 1.82) is 0 Å². The summed E-state index contributed by atoms with van der Waals surface area (Å²) in [6.07, 6.45) is 0. The monoisotopic (exact) mass is 325 g/mol. The van der Waals surface area contributed by atoms with Gasteiger partial charge in [-0.05, 0) is 42.7 Å². The molecule has 0 spiro atoms. The van der Waals surface area contributed by atoms with E-state index < -0.39 is 6.03 Å². The van der Waals surface area contributed by atoms with E-state index in [4.69, 9.17) is 5.73 Å². The maximum absolute atomic E-state index is 12.5. The minimum absolute atomic E-state index is 0.0376. The number of hydrogen-bond acceptors (Lipinski definition) is 2. The van der Waals surface area contributed by atoms with Crippen LogP contribution in [-0.4, -0.2) is 23.9 Å². The van der Waals surface area contributed by atoms with Gasteiger partial charge in [-0.3, -0.25) is 4.79 Å². The zero-order chi connectivity index (χ0) is 17.7. The first-order valence-electron chi connectivity index (χ1n) is 7.80. The molecular formula is C19H23N3O2. The Morgan fingerprint density at radius 2 is 1.75 bits per heavy atom. The number of carbonyl (C=O) groups excluding carboxylic acids is 2. The molecule has 5 nitrogen and oxygen atoms in total. The Morgan fingerprint density at radius 3 is 2.33 bits per heavy atom. The summed E-state index contributed by atoms with van der Waals surface area (Å²) in [5.74, 6) is -0.0376. The average molecular weight is 325 g/mol. The van der Waals surface area contributed by atoms with E-state index in [0.29, 0.717) is 18.7 Å². The van der Waals surface area contributed by atoms with Gasteiger partial charge in [0, 0.05) is 25.7 Å². The molecule has 0 radical (unpaired) electrons. The summed E-state index contributed by atoms with van der Waals surface area (Å²) in [6.45, 7) is 5.03. The lowest BCUT2D eigenvalue weighted by atomic mass is 10.0. The van der Waals surface area contributed by atoms with Gasteiger partial charge in [-0.1, -0.05) is 35.9 Å². The lowest BCUT2D eigenvalue weighted by Crippen LogP contribution is -2.28. The second-order valence-electron chi connectivity index (χ2n) is 6.01. The van der Waals surface area contributed by atoms with Crippen LogP contribution >= 0.6 is 0 Å². The number of rotatable bonds is 5. The summed E-state index contributed by atoms with van der Waals surface area (Å²) in [6, 6.07) is 12.8. The highest BCUT2D eigenvalue weighted by atomic mass is 16.2. The number of nitrogens with one attached hydrogen (secondary N) is 1. The van der Waals surface area contributed by atoms with Gasteiger partial charge in [0.1, 0.15) is 0 Å². The number of primary amides is 1. The van der Waals surface area contributed by atoms with Crippen LogP contribution in [0, 0.1) is 13.8 Å². The molecule has 2 rings (SSSR count). The van der Waals surface area contributed by atoms with Crippen molar-refractivity contribution in [2.24, 2.45) is 5.73 Å². The third-order valence-corrected chi connectivity index (χ3v) is 3.92. The largest absolute Gasteiger partial charge is 0.352 e. The summed E-state index contributed by atoms with van der Waals surface area (Å²) in [5.41, 5.74) is 10.1. The number of amides is 3. The fraction of sp³-hybridized carbons (Fsp3) is 0.263. The Bertz CT molecular complexity index is 739. The van der Waals surface area contributed by atoms with E-state index in [1.54, 1.807) is 24.1 Å². The van der Waals surface area contributed by atoms with Crippen LogP contribution in [-0.2, 0) is 13.1 Å². The van der Waals surface area contributed by atoms with Crippen molar-refractivity contribution in [1.82, 2.24) is 10.2 Å². The molecule has 0 saturated heterocycles. The first-order chi connectivity index (χ1) is 11.4. The molecule has 0 unspecified atom stereocenters. The van der Waals surface area contributed by atoms with Crippen LogP contribution in [0.5, 0.6) is 0 Å². The SMILES string of the molecule is Cc1ccc(CN(C)C(=O)c2ccc(CNC(N)=O)cc2)c(C)c1. The number of aryl methyl sites for hydroxylation is 2. The normalized spacial score (nSPS) is 10.3. The molecule has 0 fully saturated rings. The van der Waals surface area contributed by atoms with E-state index in [1.165, 1.54) is 11.1 Å². The second kappa shape index (κ2) is 7.64. The fourth-order valence-electron chi connectivity index (χ4n) is 2.53. The van der Waals surface area contributed by atoms with Crippen molar-refractivity contribution < 1.29 is 9.59 Å². The highest BCUT2D eigenvalue weighted by molar-refractivity contribution is 5.94. The molecule has 5 heteroatoms. The molecule has 0 heterocycles. The van der Waals surface area contributed by atoms with E-state index in [-0.39, 0.29) is 5.91 Å². The zero-order valence-electron chi connectivity index (χ0n) is 14.3. The first kappa shape index (κ1) is 17.5. The fourth-order valence-corrected chi connectivity index (χ4v) is 2.53. The topological polar surface area (TPSA) is 75.4 Å². The Kier molecular flexibility index (Phi) is 5.58. The van der Waals surface area contributed by atoms with Gasteiger partial charge in [0.15, 0.2) is 0 Å². The zero-order valence-corrected chi connectivity index (χ0v) is 14.3. The standard InChI is InChI=1S/C19H23N3O2/c1-13-4-7-17(14(2)10-13)12-22(3)18(23)16-8-5-15(6-9-16)11-21-19(20)24/h4-10H,11-12H2,1-3H3,(H3,20,21,24). The van der Waals surface area contributed by atoms with Crippen molar-refractivity contribution in [2.45, 2.75) is 26.9 Å². The van der Waals surface area contributed by atoms with E-state index in [1.807, 2.05) is 12.1 Å². The smallest absolute Gasteiger partial charge is 0.312 e. The second-order valence-corrected chi connectivity index (χ2v) is 6.01. The molecule has 0 atom stereocenters. The van der Waals surface area contributed by atoms with Crippen LogP contribution in [0.15, 0.2) is 42.5 Å². The molecule has 0 saturated carbocycles. The van der Waals surface area contributed by atoms with Crippen LogP contribution in [0.3, 0.4) is 0 Å². The highest BCUT2D eigenvalue weighted by Crippen LogP contribution is 2.14. The first-order valence-corrected chi connectivity index (χ1v) is 7.80. The minimum Gasteiger partial charge on any atom is -0.352 e. The third kappa shape index (κ3) is 4.59. The van der Waals surface area contributed by atoms with Gasteiger partial charge in [0.25, 0.3) is 5.91 Å².